The Morgan fingerprint density at radius 1 is 0.912 bits per heavy atom. The summed E-state index contributed by atoms with van der Waals surface area (Å²) in [7, 11) is 3.86. The molecule has 3 aromatic carbocycles. The summed E-state index contributed by atoms with van der Waals surface area (Å²) in [5.74, 6) is -0.226. The van der Waals surface area contributed by atoms with Gasteiger partial charge in [-0.05, 0) is 54.6 Å². The lowest BCUT2D eigenvalue weighted by Gasteiger charge is -2.13. The van der Waals surface area contributed by atoms with E-state index in [1.54, 1.807) is 54.6 Å². The molecule has 0 saturated carbocycles. The molecule has 0 radical (unpaired) electrons. The number of carbonyl (C=O) groups excluding carboxylic acids is 2. The Bertz CT molecular complexity index is 1390. The first-order chi connectivity index (χ1) is 16.4. The number of nitrogens with zero attached hydrogens (tertiary/aromatic N) is 1. The molecule has 4 aromatic rings. The second-order valence-corrected chi connectivity index (χ2v) is 7.76. The van der Waals surface area contributed by atoms with Crippen LogP contribution in [-0.2, 0) is 4.79 Å². The second-order valence-electron chi connectivity index (χ2n) is 7.76. The third-order valence-corrected chi connectivity index (χ3v) is 5.05. The van der Waals surface area contributed by atoms with E-state index < -0.39 is 0 Å². The van der Waals surface area contributed by atoms with Crippen molar-refractivity contribution in [3.63, 3.8) is 0 Å². The van der Waals surface area contributed by atoms with Crippen molar-refractivity contribution in [2.45, 2.75) is 0 Å². The molecular formula is C26H23N3O5. The molecule has 172 valence electrons. The van der Waals surface area contributed by atoms with Crippen LogP contribution < -0.4 is 25.7 Å². The molecule has 0 aliphatic carbocycles. The van der Waals surface area contributed by atoms with Crippen LogP contribution in [-0.4, -0.2) is 32.5 Å². The van der Waals surface area contributed by atoms with Crippen molar-refractivity contribution >= 4 is 39.8 Å². The number of carbonyl (C=O) groups is 2. The van der Waals surface area contributed by atoms with Gasteiger partial charge in [-0.25, -0.2) is 0 Å². The Balaban J connectivity index is 1.35. The maximum absolute atomic E-state index is 12.5. The van der Waals surface area contributed by atoms with Crippen molar-refractivity contribution in [2.75, 3.05) is 36.2 Å². The smallest absolute Gasteiger partial charge is 0.262 e. The van der Waals surface area contributed by atoms with E-state index in [9.17, 15) is 14.4 Å². The zero-order valence-corrected chi connectivity index (χ0v) is 18.7. The van der Waals surface area contributed by atoms with Crippen LogP contribution in [0.4, 0.5) is 17.1 Å². The van der Waals surface area contributed by atoms with Crippen LogP contribution in [0.1, 0.15) is 10.4 Å². The van der Waals surface area contributed by atoms with Crippen molar-refractivity contribution in [3.05, 3.63) is 94.8 Å². The standard InChI is InChI=1S/C26H23N3O5/c1-29(2)20-8-6-17(7-9-20)26(32)28-19-5-3-4-18(14-19)27-25(31)16-34-21-10-11-22-23(30)12-13-33-24(22)15-21/h3-15H,16H2,1-2H3,(H,27,31)(H,28,32). The normalized spacial score (nSPS) is 10.5. The Labute approximate surface area is 195 Å². The average molecular weight is 457 g/mol. The quantitative estimate of drug-likeness (QED) is 0.433. The summed E-state index contributed by atoms with van der Waals surface area (Å²) in [6.07, 6.45) is 1.31. The summed E-state index contributed by atoms with van der Waals surface area (Å²) in [6, 6.07) is 20.2. The van der Waals surface area contributed by atoms with Crippen LogP contribution in [0.15, 0.2) is 88.3 Å². The molecule has 1 aromatic heterocycles. The van der Waals surface area contributed by atoms with E-state index in [0.29, 0.717) is 33.7 Å². The molecule has 0 aliphatic heterocycles. The highest BCUT2D eigenvalue weighted by molar-refractivity contribution is 6.05. The van der Waals surface area contributed by atoms with E-state index >= 15 is 0 Å². The van der Waals surface area contributed by atoms with Gasteiger partial charge in [0, 0.05) is 48.9 Å². The van der Waals surface area contributed by atoms with Gasteiger partial charge in [0.2, 0.25) is 0 Å². The van der Waals surface area contributed by atoms with E-state index in [-0.39, 0.29) is 23.9 Å². The molecule has 0 aliphatic rings. The number of hydrogen-bond donors (Lipinski definition) is 2. The van der Waals surface area contributed by atoms with Crippen LogP contribution >= 0.6 is 0 Å². The summed E-state index contributed by atoms with van der Waals surface area (Å²) in [5.41, 5.74) is 2.81. The van der Waals surface area contributed by atoms with Crippen LogP contribution in [0.3, 0.4) is 0 Å². The molecule has 34 heavy (non-hydrogen) atoms. The third kappa shape index (κ3) is 5.42. The number of nitrogens with one attached hydrogen (secondary N) is 2. The first-order valence-electron chi connectivity index (χ1n) is 10.5. The van der Waals surface area contributed by atoms with Gasteiger partial charge in [0.15, 0.2) is 12.0 Å². The lowest BCUT2D eigenvalue weighted by Crippen LogP contribution is -2.20. The van der Waals surface area contributed by atoms with Gasteiger partial charge >= 0.3 is 0 Å². The van der Waals surface area contributed by atoms with Crippen molar-refractivity contribution in [2.24, 2.45) is 0 Å². The zero-order chi connectivity index (χ0) is 24.1. The van der Waals surface area contributed by atoms with Crippen molar-refractivity contribution in [1.82, 2.24) is 0 Å². The monoisotopic (exact) mass is 457 g/mol. The molecule has 0 unspecified atom stereocenters. The Kier molecular flexibility index (Phi) is 6.59. The molecule has 0 atom stereocenters. The van der Waals surface area contributed by atoms with Gasteiger partial charge in [0.1, 0.15) is 11.3 Å². The zero-order valence-electron chi connectivity index (χ0n) is 18.7. The van der Waals surface area contributed by atoms with Crippen LogP contribution in [0.5, 0.6) is 5.75 Å². The minimum Gasteiger partial charge on any atom is -0.484 e. The number of fused-ring (bicyclic) bond motifs is 1. The SMILES string of the molecule is CN(C)c1ccc(C(=O)Nc2cccc(NC(=O)COc3ccc4c(=O)ccoc4c3)c2)cc1. The van der Waals surface area contributed by atoms with Crippen molar-refractivity contribution in [1.29, 1.82) is 0 Å². The molecule has 8 nitrogen and oxygen atoms in total. The van der Waals surface area contributed by atoms with E-state index in [2.05, 4.69) is 10.6 Å². The lowest BCUT2D eigenvalue weighted by molar-refractivity contribution is -0.118. The Morgan fingerprint density at radius 3 is 2.38 bits per heavy atom. The highest BCUT2D eigenvalue weighted by Gasteiger charge is 2.09. The van der Waals surface area contributed by atoms with Crippen molar-refractivity contribution in [3.8, 4) is 5.75 Å². The largest absolute Gasteiger partial charge is 0.484 e. The van der Waals surface area contributed by atoms with Gasteiger partial charge < -0.3 is 24.7 Å². The molecule has 8 heteroatoms. The number of anilines is 3. The topological polar surface area (TPSA) is 101 Å². The van der Waals surface area contributed by atoms with Gasteiger partial charge in [-0.15, -0.1) is 0 Å². The second kappa shape index (κ2) is 9.91. The number of rotatable bonds is 7. The highest BCUT2D eigenvalue weighted by atomic mass is 16.5. The summed E-state index contributed by atoms with van der Waals surface area (Å²) >= 11 is 0. The van der Waals surface area contributed by atoms with Crippen molar-refractivity contribution < 1.29 is 18.7 Å². The van der Waals surface area contributed by atoms with E-state index in [4.69, 9.17) is 9.15 Å². The van der Waals surface area contributed by atoms with Crippen LogP contribution in [0, 0.1) is 0 Å². The fourth-order valence-corrected chi connectivity index (χ4v) is 3.29. The summed E-state index contributed by atoms with van der Waals surface area (Å²) in [6.45, 7) is -0.239. The molecule has 1 heterocycles. The maximum Gasteiger partial charge on any atom is 0.262 e. The number of amides is 2. The fourth-order valence-electron chi connectivity index (χ4n) is 3.29. The molecule has 0 spiro atoms. The fraction of sp³-hybridized carbons (Fsp3) is 0.115. The molecule has 0 saturated heterocycles. The number of hydrogen-bond acceptors (Lipinski definition) is 6. The molecule has 4 rings (SSSR count). The third-order valence-electron chi connectivity index (χ3n) is 5.05. The minimum absolute atomic E-state index is 0.150. The highest BCUT2D eigenvalue weighted by Crippen LogP contribution is 2.20. The predicted molar refractivity (Wildman–Crippen MR) is 132 cm³/mol. The molecular weight excluding hydrogens is 434 g/mol. The average Bonchev–Trinajstić information content (AvgIpc) is 2.83. The summed E-state index contributed by atoms with van der Waals surface area (Å²) in [5, 5.41) is 6.00. The molecule has 0 bridgehead atoms. The van der Waals surface area contributed by atoms with E-state index in [1.807, 2.05) is 31.1 Å². The van der Waals surface area contributed by atoms with Crippen LogP contribution in [0.25, 0.3) is 11.0 Å². The number of ether oxygens (including phenoxy) is 1. The van der Waals surface area contributed by atoms with Gasteiger partial charge in [-0.3, -0.25) is 14.4 Å². The van der Waals surface area contributed by atoms with Gasteiger partial charge in [-0.2, -0.15) is 0 Å². The predicted octanol–water partition coefficient (Wildman–Crippen LogP) is 4.13. The van der Waals surface area contributed by atoms with Gasteiger partial charge in [0.05, 0.1) is 11.6 Å². The molecule has 2 N–H and O–H groups in total. The van der Waals surface area contributed by atoms with Gasteiger partial charge in [-0.1, -0.05) is 6.07 Å². The molecule has 0 fully saturated rings. The summed E-state index contributed by atoms with van der Waals surface area (Å²) in [4.78, 5) is 38.6. The van der Waals surface area contributed by atoms with Gasteiger partial charge in [0.25, 0.3) is 11.8 Å². The van der Waals surface area contributed by atoms with E-state index in [1.165, 1.54) is 12.3 Å². The molecule has 2 amide bonds. The summed E-state index contributed by atoms with van der Waals surface area (Å²) < 4.78 is 10.8. The Morgan fingerprint density at radius 2 is 1.65 bits per heavy atom. The maximum atomic E-state index is 12.5. The minimum atomic E-state index is -0.377. The first kappa shape index (κ1) is 22.6. The van der Waals surface area contributed by atoms with E-state index in [0.717, 1.165) is 5.69 Å². The lowest BCUT2D eigenvalue weighted by atomic mass is 10.2. The Hall–Kier alpha value is -4.59. The van der Waals surface area contributed by atoms with Crippen LogP contribution in [0.2, 0.25) is 0 Å². The number of benzene rings is 3. The first-order valence-corrected chi connectivity index (χ1v) is 10.5.